The van der Waals surface area contributed by atoms with E-state index in [1.165, 1.54) is 17.7 Å². The van der Waals surface area contributed by atoms with Crippen molar-refractivity contribution < 1.29 is 4.39 Å². The van der Waals surface area contributed by atoms with Crippen LogP contribution in [0, 0.1) is 12.7 Å². The van der Waals surface area contributed by atoms with E-state index in [0.717, 1.165) is 16.2 Å². The second kappa shape index (κ2) is 5.17. The Morgan fingerprint density at radius 2 is 2.10 bits per heavy atom. The van der Waals surface area contributed by atoms with Gasteiger partial charge >= 0.3 is 0 Å². The van der Waals surface area contributed by atoms with E-state index in [-0.39, 0.29) is 5.82 Å². The number of hydrogen-bond acceptors (Lipinski definition) is 3. The van der Waals surface area contributed by atoms with Gasteiger partial charge in [0.15, 0.2) is 0 Å². The van der Waals surface area contributed by atoms with Crippen molar-refractivity contribution in [2.24, 2.45) is 0 Å². The number of benzene rings is 1. The van der Waals surface area contributed by atoms with E-state index in [4.69, 9.17) is 5.73 Å². The number of nitrogen functional groups attached to an aromatic ring is 1. The molecule has 3 nitrogen and oxygen atoms in total. The number of nitrogens with two attached hydrogens (primary N) is 1. The Morgan fingerprint density at radius 1 is 1.25 bits per heavy atom. The fourth-order valence-corrected chi connectivity index (χ4v) is 2.86. The third-order valence-corrected chi connectivity index (χ3v) is 4.12. The Balaban J connectivity index is 1.79. The van der Waals surface area contributed by atoms with Gasteiger partial charge in [0, 0.05) is 28.7 Å². The molecule has 20 heavy (non-hydrogen) atoms. The largest absolute Gasteiger partial charge is 0.398 e. The average molecular weight is 287 g/mol. The zero-order valence-corrected chi connectivity index (χ0v) is 11.8. The summed E-state index contributed by atoms with van der Waals surface area (Å²) in [6.45, 7) is 2.05. The lowest BCUT2D eigenvalue weighted by Crippen LogP contribution is -1.90. The third kappa shape index (κ3) is 2.63. The molecule has 1 aromatic carbocycles. The van der Waals surface area contributed by atoms with Crippen LogP contribution in [0.1, 0.15) is 11.3 Å². The molecular weight excluding hydrogens is 273 g/mol. The zero-order valence-electron chi connectivity index (χ0n) is 11.0. The van der Waals surface area contributed by atoms with Crippen LogP contribution >= 0.6 is 11.8 Å². The number of halogens is 1. The number of anilines is 1. The summed E-state index contributed by atoms with van der Waals surface area (Å²) < 4.78 is 15.0. The highest BCUT2D eigenvalue weighted by molar-refractivity contribution is 7.98. The van der Waals surface area contributed by atoms with E-state index < -0.39 is 0 Å². The van der Waals surface area contributed by atoms with Gasteiger partial charge in [-0.1, -0.05) is 6.07 Å². The molecule has 3 rings (SSSR count). The highest BCUT2D eigenvalue weighted by Gasteiger charge is 2.05. The number of nitrogens with zero attached hydrogens (tertiary/aromatic N) is 2. The van der Waals surface area contributed by atoms with Crippen molar-refractivity contribution in [1.29, 1.82) is 0 Å². The minimum absolute atomic E-state index is 0.310. The molecule has 0 saturated carbocycles. The molecule has 0 amide bonds. The first-order chi connectivity index (χ1) is 9.61. The fourth-order valence-electron chi connectivity index (χ4n) is 2.03. The minimum Gasteiger partial charge on any atom is -0.398 e. The predicted molar refractivity (Wildman–Crippen MR) is 80.3 cm³/mol. The maximum atomic E-state index is 13.0. The first-order valence-corrected chi connectivity index (χ1v) is 7.22. The van der Waals surface area contributed by atoms with Gasteiger partial charge in [-0.2, -0.15) is 0 Å². The molecule has 0 spiro atoms. The number of imidazole rings is 1. The number of hydrogen-bond donors (Lipinski definition) is 1. The number of rotatable bonds is 3. The van der Waals surface area contributed by atoms with E-state index in [0.29, 0.717) is 11.4 Å². The molecule has 0 fully saturated rings. The van der Waals surface area contributed by atoms with Crippen molar-refractivity contribution in [3.8, 4) is 0 Å². The Morgan fingerprint density at radius 3 is 2.90 bits per heavy atom. The highest BCUT2D eigenvalue weighted by Crippen LogP contribution is 2.28. The van der Waals surface area contributed by atoms with E-state index in [1.54, 1.807) is 17.8 Å². The molecule has 2 heterocycles. The number of fused-ring (bicyclic) bond motifs is 1. The van der Waals surface area contributed by atoms with Crippen LogP contribution in [0.15, 0.2) is 47.6 Å². The molecule has 3 aromatic rings. The van der Waals surface area contributed by atoms with Crippen molar-refractivity contribution in [3.05, 3.63) is 59.8 Å². The van der Waals surface area contributed by atoms with E-state index >= 15 is 0 Å². The van der Waals surface area contributed by atoms with Gasteiger partial charge in [-0.3, -0.25) is 0 Å². The molecular formula is C15H14FN3S. The van der Waals surface area contributed by atoms with Gasteiger partial charge in [-0.25, -0.2) is 9.37 Å². The fraction of sp³-hybridized carbons (Fsp3) is 0.133. The van der Waals surface area contributed by atoms with E-state index in [1.807, 2.05) is 35.9 Å². The van der Waals surface area contributed by atoms with Gasteiger partial charge in [0.2, 0.25) is 0 Å². The Hall–Kier alpha value is -2.01. The molecule has 0 unspecified atom stereocenters. The number of aromatic nitrogens is 2. The van der Waals surface area contributed by atoms with Crippen molar-refractivity contribution in [2.45, 2.75) is 17.6 Å². The van der Waals surface area contributed by atoms with Gasteiger partial charge in [0.1, 0.15) is 11.5 Å². The van der Waals surface area contributed by atoms with Crippen LogP contribution in [-0.4, -0.2) is 9.38 Å². The summed E-state index contributed by atoms with van der Waals surface area (Å²) in [6, 6.07) is 8.50. The van der Waals surface area contributed by atoms with Crippen molar-refractivity contribution in [2.75, 3.05) is 5.73 Å². The summed E-state index contributed by atoms with van der Waals surface area (Å²) in [5, 5.41) is 0. The van der Waals surface area contributed by atoms with Crippen LogP contribution in [0.5, 0.6) is 0 Å². The molecule has 2 N–H and O–H groups in total. The molecule has 0 bridgehead atoms. The molecule has 0 radical (unpaired) electrons. The normalized spacial score (nSPS) is 11.1. The molecule has 102 valence electrons. The maximum Gasteiger partial charge on any atom is 0.137 e. The van der Waals surface area contributed by atoms with Crippen molar-refractivity contribution in [1.82, 2.24) is 9.38 Å². The van der Waals surface area contributed by atoms with E-state index in [2.05, 4.69) is 4.98 Å². The topological polar surface area (TPSA) is 43.3 Å². The quantitative estimate of drug-likeness (QED) is 0.590. The van der Waals surface area contributed by atoms with Crippen molar-refractivity contribution >= 4 is 23.1 Å². The van der Waals surface area contributed by atoms with Crippen LogP contribution in [0.2, 0.25) is 0 Å². The van der Waals surface area contributed by atoms with Crippen LogP contribution in [-0.2, 0) is 5.75 Å². The standard InChI is InChI=1S/C15H14FN3S/c1-10-2-5-15-18-12(8-19(15)7-10)9-20-14-4-3-11(16)6-13(14)17/h2-8H,9,17H2,1H3. The van der Waals surface area contributed by atoms with Crippen LogP contribution in [0.3, 0.4) is 0 Å². The van der Waals surface area contributed by atoms with Crippen LogP contribution in [0.4, 0.5) is 10.1 Å². The lowest BCUT2D eigenvalue weighted by atomic mass is 10.3. The summed E-state index contributed by atoms with van der Waals surface area (Å²) in [6.07, 6.45) is 4.05. The first kappa shape index (κ1) is 13.0. The predicted octanol–water partition coefficient (Wildman–Crippen LogP) is 3.66. The second-order valence-corrected chi connectivity index (χ2v) is 5.69. The number of pyridine rings is 1. The molecule has 0 aliphatic rings. The zero-order chi connectivity index (χ0) is 14.1. The second-order valence-electron chi connectivity index (χ2n) is 4.67. The first-order valence-electron chi connectivity index (χ1n) is 6.24. The third-order valence-electron chi connectivity index (χ3n) is 3.00. The smallest absolute Gasteiger partial charge is 0.137 e. The SMILES string of the molecule is Cc1ccc2nc(CSc3ccc(F)cc3N)cn2c1. The van der Waals surface area contributed by atoms with Gasteiger partial charge in [0.05, 0.1) is 5.69 Å². The maximum absolute atomic E-state index is 13.0. The summed E-state index contributed by atoms with van der Waals surface area (Å²) in [4.78, 5) is 5.42. The lowest BCUT2D eigenvalue weighted by Gasteiger charge is -2.03. The summed E-state index contributed by atoms with van der Waals surface area (Å²) in [5.41, 5.74) is 9.36. The van der Waals surface area contributed by atoms with Crippen LogP contribution in [0.25, 0.3) is 5.65 Å². The summed E-state index contributed by atoms with van der Waals surface area (Å²) in [5.74, 6) is 0.395. The Bertz CT molecular complexity index is 767. The van der Waals surface area contributed by atoms with Gasteiger partial charge in [-0.05, 0) is 36.8 Å². The molecule has 2 aromatic heterocycles. The van der Waals surface area contributed by atoms with Gasteiger partial charge in [0.25, 0.3) is 0 Å². The van der Waals surface area contributed by atoms with Gasteiger partial charge in [-0.15, -0.1) is 11.8 Å². The molecule has 5 heteroatoms. The van der Waals surface area contributed by atoms with Crippen LogP contribution < -0.4 is 5.73 Å². The lowest BCUT2D eigenvalue weighted by molar-refractivity contribution is 0.627. The van der Waals surface area contributed by atoms with Crippen molar-refractivity contribution in [3.63, 3.8) is 0 Å². The molecule has 0 atom stereocenters. The number of thioether (sulfide) groups is 1. The molecule has 0 aliphatic heterocycles. The Labute approximate surface area is 120 Å². The monoisotopic (exact) mass is 287 g/mol. The average Bonchev–Trinajstić information content (AvgIpc) is 2.79. The number of aryl methyl sites for hydroxylation is 1. The van der Waals surface area contributed by atoms with Gasteiger partial charge < -0.3 is 10.1 Å². The minimum atomic E-state index is -0.310. The van der Waals surface area contributed by atoms with E-state index in [9.17, 15) is 4.39 Å². The Kier molecular flexibility index (Phi) is 3.36. The molecule has 0 aliphatic carbocycles. The summed E-state index contributed by atoms with van der Waals surface area (Å²) in [7, 11) is 0. The summed E-state index contributed by atoms with van der Waals surface area (Å²) >= 11 is 1.56. The highest BCUT2D eigenvalue weighted by atomic mass is 32.2. The molecule has 0 saturated heterocycles.